The molecule has 108 valence electrons. The predicted molar refractivity (Wildman–Crippen MR) is 80.0 cm³/mol. The molecule has 2 aromatic rings. The molecule has 5 nitrogen and oxygen atoms in total. The Morgan fingerprint density at radius 3 is 2.67 bits per heavy atom. The lowest BCUT2D eigenvalue weighted by atomic mass is 10.1. The number of carbonyl (C=O) groups excluding carboxylic acids is 1. The number of carbonyl (C=O) groups is 2. The Kier molecular flexibility index (Phi) is 4.77. The van der Waals surface area contributed by atoms with E-state index in [1.54, 1.807) is 18.2 Å². The number of hydrogen-bond donors (Lipinski definition) is 2. The number of aromatic nitrogens is 1. The Morgan fingerprint density at radius 2 is 2.00 bits per heavy atom. The van der Waals surface area contributed by atoms with Gasteiger partial charge in [-0.25, -0.2) is 4.79 Å². The smallest absolute Gasteiger partial charge is 0.337 e. The summed E-state index contributed by atoms with van der Waals surface area (Å²) in [5.41, 5.74) is 0.708. The molecule has 0 aliphatic carbocycles. The second-order valence-electron chi connectivity index (χ2n) is 4.19. The number of pyridine rings is 1. The number of rotatable bonds is 4. The molecule has 1 amide bonds. The summed E-state index contributed by atoms with van der Waals surface area (Å²) in [5, 5.41) is 12.4. The third kappa shape index (κ3) is 3.93. The van der Waals surface area contributed by atoms with E-state index < -0.39 is 11.9 Å². The van der Waals surface area contributed by atoms with Crippen LogP contribution in [-0.4, -0.2) is 22.0 Å². The zero-order valence-corrected chi connectivity index (χ0v) is 12.1. The van der Waals surface area contributed by atoms with Crippen LogP contribution in [0, 0.1) is 0 Å². The summed E-state index contributed by atoms with van der Waals surface area (Å²) in [6.45, 7) is 0. The lowest BCUT2D eigenvalue weighted by Gasteiger charge is -2.08. The Bertz CT molecular complexity index is 704. The monoisotopic (exact) mass is 324 g/mol. The Balaban J connectivity index is 2.14. The highest BCUT2D eigenvalue weighted by atomic mass is 35.5. The van der Waals surface area contributed by atoms with Crippen molar-refractivity contribution in [3.63, 3.8) is 0 Å². The first-order valence-corrected chi connectivity index (χ1v) is 6.64. The van der Waals surface area contributed by atoms with Crippen molar-refractivity contribution in [1.82, 2.24) is 4.98 Å². The summed E-state index contributed by atoms with van der Waals surface area (Å²) in [7, 11) is 0. The van der Waals surface area contributed by atoms with Crippen LogP contribution in [0.15, 0.2) is 36.7 Å². The topological polar surface area (TPSA) is 79.3 Å². The van der Waals surface area contributed by atoms with Crippen LogP contribution in [0.4, 0.5) is 5.69 Å². The highest BCUT2D eigenvalue weighted by molar-refractivity contribution is 6.35. The second kappa shape index (κ2) is 6.56. The van der Waals surface area contributed by atoms with E-state index in [4.69, 9.17) is 28.3 Å². The van der Waals surface area contributed by atoms with Gasteiger partial charge in [-0.1, -0.05) is 29.3 Å². The van der Waals surface area contributed by atoms with Gasteiger partial charge in [0.1, 0.15) is 0 Å². The van der Waals surface area contributed by atoms with Crippen LogP contribution in [0.25, 0.3) is 0 Å². The number of amides is 1. The molecule has 0 aliphatic rings. The van der Waals surface area contributed by atoms with Gasteiger partial charge >= 0.3 is 5.97 Å². The van der Waals surface area contributed by atoms with Gasteiger partial charge in [-0.3, -0.25) is 9.78 Å². The first-order chi connectivity index (χ1) is 9.97. The maximum atomic E-state index is 12.0. The second-order valence-corrected chi connectivity index (χ2v) is 5.03. The largest absolute Gasteiger partial charge is 0.478 e. The standard InChI is InChI=1S/C14H10Cl2N2O3/c15-9-2-1-8(11(16)6-9)5-13(19)18-12-7-17-4-3-10(12)14(20)21/h1-4,6-7H,5H2,(H,18,19)(H,20,21). The highest BCUT2D eigenvalue weighted by Gasteiger charge is 2.13. The van der Waals surface area contributed by atoms with E-state index in [9.17, 15) is 9.59 Å². The molecule has 0 saturated heterocycles. The molecule has 0 radical (unpaired) electrons. The number of carboxylic acid groups (broad SMARTS) is 1. The molecule has 0 spiro atoms. The molecule has 0 fully saturated rings. The number of nitrogens with one attached hydrogen (secondary N) is 1. The number of carboxylic acids is 1. The van der Waals surface area contributed by atoms with E-state index in [-0.39, 0.29) is 17.7 Å². The van der Waals surface area contributed by atoms with Crippen molar-refractivity contribution in [1.29, 1.82) is 0 Å². The molecule has 0 bridgehead atoms. The van der Waals surface area contributed by atoms with E-state index >= 15 is 0 Å². The fourth-order valence-electron chi connectivity index (χ4n) is 1.71. The van der Waals surface area contributed by atoms with Crippen LogP contribution in [0.3, 0.4) is 0 Å². The molecule has 1 aromatic carbocycles. The van der Waals surface area contributed by atoms with Gasteiger partial charge in [0, 0.05) is 16.2 Å². The molecule has 0 unspecified atom stereocenters. The van der Waals surface area contributed by atoms with E-state index in [1.807, 2.05) is 0 Å². The number of halogens is 2. The zero-order valence-electron chi connectivity index (χ0n) is 10.6. The van der Waals surface area contributed by atoms with Gasteiger partial charge in [0.15, 0.2) is 0 Å². The Labute approximate surface area is 130 Å². The SMILES string of the molecule is O=C(Cc1ccc(Cl)cc1Cl)Nc1cnccc1C(=O)O. The molecular formula is C14H10Cl2N2O3. The van der Waals surface area contributed by atoms with Crippen molar-refractivity contribution in [2.75, 3.05) is 5.32 Å². The molecule has 1 heterocycles. The number of hydrogen-bond acceptors (Lipinski definition) is 3. The van der Waals surface area contributed by atoms with Gasteiger partial charge in [-0.05, 0) is 23.8 Å². The lowest BCUT2D eigenvalue weighted by molar-refractivity contribution is -0.115. The average Bonchev–Trinajstić information content (AvgIpc) is 2.42. The van der Waals surface area contributed by atoms with Gasteiger partial charge < -0.3 is 10.4 Å². The predicted octanol–water partition coefficient (Wildman–Crippen LogP) is 3.27. The maximum Gasteiger partial charge on any atom is 0.337 e. The van der Waals surface area contributed by atoms with Crippen LogP contribution >= 0.6 is 23.2 Å². The molecule has 1 aromatic heterocycles. The van der Waals surface area contributed by atoms with Gasteiger partial charge in [0.05, 0.1) is 23.9 Å². The summed E-state index contributed by atoms with van der Waals surface area (Å²) in [6.07, 6.45) is 2.63. The van der Waals surface area contributed by atoms with Gasteiger partial charge in [0.25, 0.3) is 0 Å². The van der Waals surface area contributed by atoms with Gasteiger partial charge in [-0.2, -0.15) is 0 Å². The fourth-order valence-corrected chi connectivity index (χ4v) is 2.19. The van der Waals surface area contributed by atoms with E-state index in [0.717, 1.165) is 0 Å². The van der Waals surface area contributed by atoms with Crippen molar-refractivity contribution in [3.05, 3.63) is 57.8 Å². The Morgan fingerprint density at radius 1 is 1.24 bits per heavy atom. The van der Waals surface area contributed by atoms with Gasteiger partial charge in [-0.15, -0.1) is 0 Å². The van der Waals surface area contributed by atoms with Crippen molar-refractivity contribution < 1.29 is 14.7 Å². The van der Waals surface area contributed by atoms with Crippen molar-refractivity contribution in [2.45, 2.75) is 6.42 Å². The molecule has 7 heteroatoms. The van der Waals surface area contributed by atoms with Crippen LogP contribution in [-0.2, 0) is 11.2 Å². The summed E-state index contributed by atoms with van der Waals surface area (Å²) < 4.78 is 0. The maximum absolute atomic E-state index is 12.0. The average molecular weight is 325 g/mol. The number of benzene rings is 1. The minimum atomic E-state index is -1.14. The van der Waals surface area contributed by atoms with Crippen LogP contribution in [0.5, 0.6) is 0 Å². The molecule has 0 saturated carbocycles. The minimum absolute atomic E-state index is 0.00392. The number of nitrogens with zero attached hydrogens (tertiary/aromatic N) is 1. The van der Waals surface area contributed by atoms with E-state index in [0.29, 0.717) is 15.6 Å². The van der Waals surface area contributed by atoms with Crippen LogP contribution in [0.1, 0.15) is 15.9 Å². The number of anilines is 1. The number of aromatic carboxylic acids is 1. The quantitative estimate of drug-likeness (QED) is 0.904. The summed E-state index contributed by atoms with van der Waals surface area (Å²) in [4.78, 5) is 26.8. The van der Waals surface area contributed by atoms with Crippen molar-refractivity contribution >= 4 is 40.8 Å². The zero-order chi connectivity index (χ0) is 15.4. The van der Waals surface area contributed by atoms with E-state index in [1.165, 1.54) is 18.5 Å². The molecule has 2 N–H and O–H groups in total. The highest BCUT2D eigenvalue weighted by Crippen LogP contribution is 2.22. The van der Waals surface area contributed by atoms with E-state index in [2.05, 4.69) is 10.3 Å². The molecule has 0 aliphatic heterocycles. The van der Waals surface area contributed by atoms with Crippen molar-refractivity contribution in [3.8, 4) is 0 Å². The molecule has 21 heavy (non-hydrogen) atoms. The van der Waals surface area contributed by atoms with Crippen LogP contribution < -0.4 is 5.32 Å². The first-order valence-electron chi connectivity index (χ1n) is 5.88. The lowest BCUT2D eigenvalue weighted by Crippen LogP contribution is -2.17. The van der Waals surface area contributed by atoms with Crippen LogP contribution in [0.2, 0.25) is 10.0 Å². The molecule has 0 atom stereocenters. The third-order valence-electron chi connectivity index (χ3n) is 2.69. The first kappa shape index (κ1) is 15.3. The summed E-state index contributed by atoms with van der Waals surface area (Å²) >= 11 is 11.8. The summed E-state index contributed by atoms with van der Waals surface area (Å²) in [6, 6.07) is 6.13. The normalized spacial score (nSPS) is 10.2. The Hall–Kier alpha value is -2.11. The van der Waals surface area contributed by atoms with Gasteiger partial charge in [0.2, 0.25) is 5.91 Å². The third-order valence-corrected chi connectivity index (χ3v) is 3.28. The fraction of sp³-hybridized carbons (Fsp3) is 0.0714. The van der Waals surface area contributed by atoms with Crippen molar-refractivity contribution in [2.24, 2.45) is 0 Å². The summed E-state index contributed by atoms with van der Waals surface area (Å²) in [5.74, 6) is -1.54. The molecule has 2 rings (SSSR count). The molecular weight excluding hydrogens is 315 g/mol. The minimum Gasteiger partial charge on any atom is -0.478 e.